The number of nitrogens with one attached hydrogen (secondary N) is 2. The van der Waals surface area contributed by atoms with E-state index in [9.17, 15) is 14.4 Å². The Morgan fingerprint density at radius 2 is 1.62 bits per heavy atom. The van der Waals surface area contributed by atoms with Crippen LogP contribution in [0.15, 0.2) is 54.6 Å². The van der Waals surface area contributed by atoms with Crippen LogP contribution in [0.2, 0.25) is 0 Å². The van der Waals surface area contributed by atoms with Gasteiger partial charge in [0.2, 0.25) is 5.91 Å². The highest BCUT2D eigenvalue weighted by molar-refractivity contribution is 5.95. The number of rotatable bonds is 10. The van der Waals surface area contributed by atoms with Gasteiger partial charge in [-0.05, 0) is 36.6 Å². The molecule has 2 aromatic carbocycles. The fourth-order valence-corrected chi connectivity index (χ4v) is 2.57. The summed E-state index contributed by atoms with van der Waals surface area (Å²) in [4.78, 5) is 36.0. The maximum Gasteiger partial charge on any atom is 0.347 e. The van der Waals surface area contributed by atoms with Gasteiger partial charge < -0.3 is 20.1 Å². The molecular weight excluding hydrogens is 372 g/mol. The van der Waals surface area contributed by atoms with E-state index < -0.39 is 24.6 Å². The lowest BCUT2D eigenvalue weighted by Crippen LogP contribution is -2.37. The molecule has 0 aliphatic carbocycles. The first-order valence-corrected chi connectivity index (χ1v) is 9.56. The van der Waals surface area contributed by atoms with Crippen molar-refractivity contribution in [2.75, 3.05) is 18.5 Å². The van der Waals surface area contributed by atoms with Gasteiger partial charge in [-0.3, -0.25) is 9.59 Å². The fourth-order valence-electron chi connectivity index (χ4n) is 2.57. The molecule has 7 nitrogen and oxygen atoms in total. The molecule has 2 rings (SSSR count). The van der Waals surface area contributed by atoms with Gasteiger partial charge >= 0.3 is 5.97 Å². The smallest absolute Gasteiger partial charge is 0.347 e. The monoisotopic (exact) mass is 398 g/mol. The molecule has 154 valence electrons. The highest BCUT2D eigenvalue weighted by Crippen LogP contribution is 2.15. The third-order valence-electron chi connectivity index (χ3n) is 4.12. The van der Waals surface area contributed by atoms with Crippen LogP contribution < -0.4 is 15.4 Å². The molecule has 0 unspecified atom stereocenters. The van der Waals surface area contributed by atoms with Crippen LogP contribution in [0.5, 0.6) is 5.75 Å². The summed E-state index contributed by atoms with van der Waals surface area (Å²) in [7, 11) is 0. The number of hydrogen-bond acceptors (Lipinski definition) is 5. The quantitative estimate of drug-likeness (QED) is 0.600. The molecule has 0 bridgehead atoms. The van der Waals surface area contributed by atoms with Gasteiger partial charge in [-0.1, -0.05) is 50.2 Å². The predicted molar refractivity (Wildman–Crippen MR) is 110 cm³/mol. The number of para-hydroxylation sites is 2. The van der Waals surface area contributed by atoms with Crippen LogP contribution >= 0.6 is 0 Å². The minimum absolute atomic E-state index is 0.216. The second-order valence-corrected chi connectivity index (χ2v) is 6.27. The SMILES string of the molecule is CCc1ccccc1NC(=O)CNC(=O)COC(=O)[C@H](CC)Oc1ccccc1. The second-order valence-electron chi connectivity index (χ2n) is 6.27. The van der Waals surface area contributed by atoms with Gasteiger partial charge in [0.1, 0.15) is 5.75 Å². The van der Waals surface area contributed by atoms with E-state index in [2.05, 4.69) is 10.6 Å². The summed E-state index contributed by atoms with van der Waals surface area (Å²) in [5, 5.41) is 5.19. The number of aryl methyl sites for hydroxylation is 1. The Balaban J connectivity index is 1.74. The molecule has 2 aromatic rings. The van der Waals surface area contributed by atoms with Crippen molar-refractivity contribution < 1.29 is 23.9 Å². The number of esters is 1. The van der Waals surface area contributed by atoms with Crippen LogP contribution in [0.4, 0.5) is 5.69 Å². The molecule has 29 heavy (non-hydrogen) atoms. The fraction of sp³-hybridized carbons (Fsp3) is 0.318. The third kappa shape index (κ3) is 7.29. The van der Waals surface area contributed by atoms with Gasteiger partial charge in [0.05, 0.1) is 6.54 Å². The van der Waals surface area contributed by atoms with Crippen LogP contribution in [0.3, 0.4) is 0 Å². The molecule has 0 spiro atoms. The Bertz CT molecular complexity index is 823. The normalized spacial score (nSPS) is 11.2. The topological polar surface area (TPSA) is 93.7 Å². The first kappa shape index (κ1) is 21.9. The molecule has 2 amide bonds. The van der Waals surface area contributed by atoms with E-state index in [0.717, 1.165) is 12.0 Å². The maximum absolute atomic E-state index is 12.1. The van der Waals surface area contributed by atoms with Gasteiger partial charge in [-0.2, -0.15) is 0 Å². The van der Waals surface area contributed by atoms with E-state index in [1.54, 1.807) is 37.3 Å². The van der Waals surface area contributed by atoms with E-state index in [4.69, 9.17) is 9.47 Å². The van der Waals surface area contributed by atoms with Crippen molar-refractivity contribution >= 4 is 23.5 Å². The first-order valence-electron chi connectivity index (χ1n) is 9.56. The van der Waals surface area contributed by atoms with Crippen LogP contribution in [-0.4, -0.2) is 37.0 Å². The predicted octanol–water partition coefficient (Wildman–Crippen LogP) is 2.70. The molecule has 1 atom stereocenters. The summed E-state index contributed by atoms with van der Waals surface area (Å²) in [6, 6.07) is 16.4. The Hall–Kier alpha value is -3.35. The lowest BCUT2D eigenvalue weighted by Gasteiger charge is -2.16. The van der Waals surface area contributed by atoms with Crippen molar-refractivity contribution in [2.45, 2.75) is 32.8 Å². The average Bonchev–Trinajstić information content (AvgIpc) is 2.75. The van der Waals surface area contributed by atoms with Crippen molar-refractivity contribution in [3.63, 3.8) is 0 Å². The Labute approximate surface area is 170 Å². The van der Waals surface area contributed by atoms with E-state index in [0.29, 0.717) is 17.9 Å². The van der Waals surface area contributed by atoms with Crippen LogP contribution in [-0.2, 0) is 25.5 Å². The summed E-state index contributed by atoms with van der Waals surface area (Å²) >= 11 is 0. The van der Waals surface area contributed by atoms with Gasteiger partial charge in [0.25, 0.3) is 5.91 Å². The van der Waals surface area contributed by atoms with Crippen molar-refractivity contribution in [3.8, 4) is 5.75 Å². The zero-order valence-corrected chi connectivity index (χ0v) is 16.6. The Morgan fingerprint density at radius 1 is 0.931 bits per heavy atom. The van der Waals surface area contributed by atoms with Crippen LogP contribution in [0.25, 0.3) is 0 Å². The highest BCUT2D eigenvalue weighted by Gasteiger charge is 2.21. The molecule has 0 heterocycles. The van der Waals surface area contributed by atoms with Crippen LogP contribution in [0, 0.1) is 0 Å². The van der Waals surface area contributed by atoms with E-state index in [-0.39, 0.29) is 12.5 Å². The van der Waals surface area contributed by atoms with Crippen molar-refractivity contribution in [2.24, 2.45) is 0 Å². The maximum atomic E-state index is 12.1. The van der Waals surface area contributed by atoms with Gasteiger partial charge in [-0.15, -0.1) is 0 Å². The zero-order valence-electron chi connectivity index (χ0n) is 16.6. The number of carbonyl (C=O) groups is 3. The second kappa shape index (κ2) is 11.5. The average molecular weight is 398 g/mol. The lowest BCUT2D eigenvalue weighted by molar-refractivity contribution is -0.155. The number of ether oxygens (including phenoxy) is 2. The van der Waals surface area contributed by atoms with E-state index in [1.165, 1.54) is 0 Å². The first-order chi connectivity index (χ1) is 14.0. The third-order valence-corrected chi connectivity index (χ3v) is 4.12. The summed E-state index contributed by atoms with van der Waals surface area (Å²) in [6.45, 7) is 3.08. The molecular formula is C22H26N2O5. The summed E-state index contributed by atoms with van der Waals surface area (Å²) in [6.07, 6.45) is 0.371. The molecule has 0 fully saturated rings. The van der Waals surface area contributed by atoms with Crippen molar-refractivity contribution in [1.29, 1.82) is 0 Å². The Kier molecular flexibility index (Phi) is 8.69. The van der Waals surface area contributed by atoms with Gasteiger partial charge in [0, 0.05) is 5.69 Å². The molecule has 2 N–H and O–H groups in total. The lowest BCUT2D eigenvalue weighted by atomic mass is 10.1. The standard InChI is InChI=1S/C22H26N2O5/c1-3-16-10-8-9-13-18(16)24-20(25)14-23-21(26)15-28-22(27)19(4-2)29-17-11-6-5-7-12-17/h5-13,19H,3-4,14-15H2,1-2H3,(H,23,26)(H,24,25)/t19-/m0/s1. The number of amides is 2. The molecule has 0 aliphatic heterocycles. The largest absolute Gasteiger partial charge is 0.479 e. The van der Waals surface area contributed by atoms with E-state index in [1.807, 2.05) is 31.2 Å². The van der Waals surface area contributed by atoms with Crippen molar-refractivity contribution in [3.05, 3.63) is 60.2 Å². The Morgan fingerprint density at radius 3 is 2.31 bits per heavy atom. The minimum Gasteiger partial charge on any atom is -0.479 e. The minimum atomic E-state index is -0.806. The number of hydrogen-bond donors (Lipinski definition) is 2. The molecule has 0 saturated carbocycles. The van der Waals surface area contributed by atoms with Crippen molar-refractivity contribution in [1.82, 2.24) is 5.32 Å². The summed E-state index contributed by atoms with van der Waals surface area (Å²) in [5.74, 6) is -1.01. The van der Waals surface area contributed by atoms with Crippen LogP contribution in [0.1, 0.15) is 25.8 Å². The molecule has 0 aliphatic rings. The highest BCUT2D eigenvalue weighted by atomic mass is 16.6. The summed E-state index contributed by atoms with van der Waals surface area (Å²) < 4.78 is 10.6. The van der Waals surface area contributed by atoms with Gasteiger partial charge in [-0.25, -0.2) is 4.79 Å². The molecule has 0 radical (unpaired) electrons. The molecule has 7 heteroatoms. The van der Waals surface area contributed by atoms with E-state index >= 15 is 0 Å². The number of carbonyl (C=O) groups excluding carboxylic acids is 3. The number of anilines is 1. The molecule has 0 saturated heterocycles. The zero-order chi connectivity index (χ0) is 21.1. The van der Waals surface area contributed by atoms with Gasteiger partial charge in [0.15, 0.2) is 12.7 Å². The number of benzene rings is 2. The molecule has 0 aromatic heterocycles. The summed E-state index contributed by atoms with van der Waals surface area (Å²) in [5.41, 5.74) is 1.72.